The zero-order chi connectivity index (χ0) is 22.1. The monoisotopic (exact) mass is 419 g/mol. The molecule has 4 aromatic rings. The van der Waals surface area contributed by atoms with Crippen molar-refractivity contribution in [3.05, 3.63) is 64.7 Å². The Labute approximate surface area is 177 Å². The van der Waals surface area contributed by atoms with Gasteiger partial charge in [-0.05, 0) is 26.0 Å². The number of pyridine rings is 1. The fraction of sp³-hybridized carbons (Fsp3) is 0.238. The Morgan fingerprint density at radius 3 is 2.68 bits per heavy atom. The highest BCUT2D eigenvalue weighted by Gasteiger charge is 2.19. The lowest BCUT2D eigenvalue weighted by atomic mass is 10.1. The number of benzene rings is 1. The van der Waals surface area contributed by atoms with Gasteiger partial charge in [0.2, 0.25) is 11.8 Å². The van der Waals surface area contributed by atoms with Crippen LogP contribution in [0.25, 0.3) is 10.9 Å². The van der Waals surface area contributed by atoms with Crippen LogP contribution in [-0.4, -0.2) is 36.7 Å². The number of hydrogen-bond donors (Lipinski definition) is 2. The van der Waals surface area contributed by atoms with Crippen LogP contribution in [0, 0.1) is 13.8 Å². The van der Waals surface area contributed by atoms with Crippen molar-refractivity contribution in [1.82, 2.24) is 24.9 Å². The van der Waals surface area contributed by atoms with Gasteiger partial charge in [-0.15, -0.1) is 0 Å². The minimum atomic E-state index is -0.626. The number of aromatic nitrogens is 5. The van der Waals surface area contributed by atoms with Crippen LogP contribution in [0.15, 0.2) is 34.9 Å². The average Bonchev–Trinajstić information content (AvgIpc) is 3.32. The summed E-state index contributed by atoms with van der Waals surface area (Å²) >= 11 is 0. The first kappa shape index (κ1) is 20.2. The maximum Gasteiger partial charge on any atom is 0.274 e. The molecule has 0 saturated heterocycles. The van der Waals surface area contributed by atoms with Gasteiger partial charge in [-0.3, -0.25) is 14.3 Å². The number of carbonyl (C=O) groups excluding carboxylic acids is 2. The van der Waals surface area contributed by atoms with Crippen LogP contribution >= 0.6 is 0 Å². The van der Waals surface area contributed by atoms with Gasteiger partial charge in [-0.2, -0.15) is 10.1 Å². The molecule has 4 rings (SSSR count). The molecule has 0 atom stereocenters. The number of rotatable bonds is 6. The molecule has 0 unspecified atom stereocenters. The van der Waals surface area contributed by atoms with Crippen LogP contribution in [0.1, 0.15) is 50.9 Å². The Morgan fingerprint density at radius 2 is 1.97 bits per heavy atom. The number of para-hydroxylation sites is 1. The lowest BCUT2D eigenvalue weighted by Gasteiger charge is -2.09. The molecule has 158 valence electrons. The van der Waals surface area contributed by atoms with Crippen molar-refractivity contribution in [3.8, 4) is 0 Å². The number of amides is 2. The van der Waals surface area contributed by atoms with Gasteiger partial charge in [0, 0.05) is 11.8 Å². The lowest BCUT2D eigenvalue weighted by Crippen LogP contribution is -2.18. The van der Waals surface area contributed by atoms with E-state index in [1.54, 1.807) is 35.9 Å². The van der Waals surface area contributed by atoms with Crippen molar-refractivity contribution in [1.29, 1.82) is 0 Å². The average molecular weight is 419 g/mol. The van der Waals surface area contributed by atoms with E-state index in [4.69, 9.17) is 10.3 Å². The number of primary amides is 1. The predicted molar refractivity (Wildman–Crippen MR) is 113 cm³/mol. The second-order valence-electron chi connectivity index (χ2n) is 7.05. The molecule has 0 bridgehead atoms. The van der Waals surface area contributed by atoms with E-state index in [9.17, 15) is 9.59 Å². The minimum absolute atomic E-state index is 0.0878. The standard InChI is InChI=1S/C21H21N7O3/c1-4-18-24-17(27-31-18)10-28-12(3)19(11(2)26-28)25-21(30)16-9-14(20(22)29)13-7-5-6-8-15(13)23-16/h5-9H,4,10H2,1-3H3,(H2,22,29)(H,25,30). The first-order valence-corrected chi connectivity index (χ1v) is 9.73. The summed E-state index contributed by atoms with van der Waals surface area (Å²) in [5, 5.41) is 11.8. The summed E-state index contributed by atoms with van der Waals surface area (Å²) in [6, 6.07) is 8.43. The van der Waals surface area contributed by atoms with Crippen LogP contribution < -0.4 is 11.1 Å². The van der Waals surface area contributed by atoms with Crippen molar-refractivity contribution >= 4 is 28.4 Å². The zero-order valence-electron chi connectivity index (χ0n) is 17.3. The van der Waals surface area contributed by atoms with Crippen LogP contribution in [0.3, 0.4) is 0 Å². The highest BCUT2D eigenvalue weighted by molar-refractivity contribution is 6.10. The van der Waals surface area contributed by atoms with Gasteiger partial charge in [-0.25, -0.2) is 4.98 Å². The van der Waals surface area contributed by atoms with Crippen LogP contribution in [0.5, 0.6) is 0 Å². The van der Waals surface area contributed by atoms with Gasteiger partial charge in [0.25, 0.3) is 5.91 Å². The number of nitrogens with two attached hydrogens (primary N) is 1. The van der Waals surface area contributed by atoms with Crippen LogP contribution in [0.4, 0.5) is 5.69 Å². The molecule has 0 spiro atoms. The van der Waals surface area contributed by atoms with Crippen molar-refractivity contribution in [2.24, 2.45) is 5.73 Å². The quantitative estimate of drug-likeness (QED) is 0.488. The van der Waals surface area contributed by atoms with E-state index >= 15 is 0 Å². The number of carbonyl (C=O) groups is 2. The molecule has 2 amide bonds. The Hall–Kier alpha value is -4.08. The second-order valence-corrected chi connectivity index (χ2v) is 7.05. The highest BCUT2D eigenvalue weighted by atomic mass is 16.5. The maximum absolute atomic E-state index is 12.9. The van der Waals surface area contributed by atoms with Gasteiger partial charge in [0.1, 0.15) is 12.2 Å². The second kappa shape index (κ2) is 7.98. The van der Waals surface area contributed by atoms with E-state index in [2.05, 4.69) is 25.5 Å². The van der Waals surface area contributed by atoms with Gasteiger partial charge in [0.15, 0.2) is 5.82 Å². The fourth-order valence-electron chi connectivity index (χ4n) is 3.34. The topological polar surface area (TPSA) is 142 Å². The first-order valence-electron chi connectivity index (χ1n) is 9.73. The van der Waals surface area contributed by atoms with E-state index in [0.717, 1.165) is 5.69 Å². The Bertz CT molecular complexity index is 1310. The van der Waals surface area contributed by atoms with Gasteiger partial charge >= 0.3 is 0 Å². The summed E-state index contributed by atoms with van der Waals surface area (Å²) in [6.07, 6.45) is 0.650. The van der Waals surface area contributed by atoms with Crippen molar-refractivity contribution in [2.75, 3.05) is 5.32 Å². The molecule has 1 aromatic carbocycles. The third-order valence-electron chi connectivity index (χ3n) is 4.94. The van der Waals surface area contributed by atoms with E-state index in [1.807, 2.05) is 13.8 Å². The summed E-state index contributed by atoms with van der Waals surface area (Å²) in [5.74, 6) is -0.0356. The molecule has 10 heteroatoms. The van der Waals surface area contributed by atoms with Gasteiger partial charge in [0.05, 0.1) is 28.2 Å². The fourth-order valence-corrected chi connectivity index (χ4v) is 3.34. The minimum Gasteiger partial charge on any atom is -0.366 e. The summed E-state index contributed by atoms with van der Waals surface area (Å²) in [6.45, 7) is 5.86. The Kier molecular flexibility index (Phi) is 5.20. The molecule has 3 N–H and O–H groups in total. The van der Waals surface area contributed by atoms with E-state index in [1.165, 1.54) is 6.07 Å². The number of anilines is 1. The Balaban J connectivity index is 1.63. The zero-order valence-corrected chi connectivity index (χ0v) is 17.3. The highest BCUT2D eigenvalue weighted by Crippen LogP contribution is 2.23. The predicted octanol–water partition coefficient (Wildman–Crippen LogP) is 2.39. The third-order valence-corrected chi connectivity index (χ3v) is 4.94. The van der Waals surface area contributed by atoms with E-state index in [-0.39, 0.29) is 11.3 Å². The van der Waals surface area contributed by atoms with Gasteiger partial charge < -0.3 is 15.6 Å². The number of aryl methyl sites for hydroxylation is 2. The van der Waals surface area contributed by atoms with E-state index in [0.29, 0.717) is 47.0 Å². The molecule has 0 aliphatic carbocycles. The third kappa shape index (κ3) is 3.87. The molecule has 10 nitrogen and oxygen atoms in total. The molecule has 0 aliphatic heterocycles. The van der Waals surface area contributed by atoms with Crippen LogP contribution in [0.2, 0.25) is 0 Å². The summed E-state index contributed by atoms with van der Waals surface area (Å²) in [5.41, 5.74) is 8.25. The first-order chi connectivity index (χ1) is 14.9. The summed E-state index contributed by atoms with van der Waals surface area (Å²) in [7, 11) is 0. The normalized spacial score (nSPS) is 11.1. The molecular formula is C21H21N7O3. The number of nitrogens with zero attached hydrogens (tertiary/aromatic N) is 5. The molecule has 0 radical (unpaired) electrons. The van der Waals surface area contributed by atoms with Crippen molar-refractivity contribution in [2.45, 2.75) is 33.7 Å². The molecule has 3 heterocycles. The van der Waals surface area contributed by atoms with Crippen molar-refractivity contribution < 1.29 is 14.1 Å². The largest absolute Gasteiger partial charge is 0.366 e. The van der Waals surface area contributed by atoms with E-state index < -0.39 is 11.8 Å². The van der Waals surface area contributed by atoms with Crippen molar-refractivity contribution in [3.63, 3.8) is 0 Å². The number of hydrogen-bond acceptors (Lipinski definition) is 7. The number of nitrogens with one attached hydrogen (secondary N) is 1. The number of fused-ring (bicyclic) bond motifs is 1. The molecule has 0 aliphatic rings. The Morgan fingerprint density at radius 1 is 1.19 bits per heavy atom. The molecular weight excluding hydrogens is 398 g/mol. The smallest absolute Gasteiger partial charge is 0.274 e. The molecule has 31 heavy (non-hydrogen) atoms. The summed E-state index contributed by atoms with van der Waals surface area (Å²) < 4.78 is 6.83. The maximum atomic E-state index is 12.9. The summed E-state index contributed by atoms with van der Waals surface area (Å²) in [4.78, 5) is 33.5. The molecule has 3 aromatic heterocycles. The molecule has 0 saturated carbocycles. The SMILES string of the molecule is CCc1nc(Cn2nc(C)c(NC(=O)c3cc(C(N)=O)c4ccccc4n3)c2C)no1. The lowest BCUT2D eigenvalue weighted by molar-refractivity contribution is 0.100. The van der Waals surface area contributed by atoms with Crippen LogP contribution in [-0.2, 0) is 13.0 Å². The molecule has 0 fully saturated rings. The van der Waals surface area contributed by atoms with Gasteiger partial charge in [-0.1, -0.05) is 30.3 Å².